The Morgan fingerprint density at radius 2 is 1.83 bits per heavy atom. The molecule has 35 heavy (non-hydrogen) atoms. The van der Waals surface area contributed by atoms with E-state index in [-0.39, 0.29) is 12.7 Å². The summed E-state index contributed by atoms with van der Waals surface area (Å²) in [5.41, 5.74) is 3.23. The Hall–Kier alpha value is -3.00. The number of amides is 1. The second-order valence-corrected chi connectivity index (χ2v) is 11.0. The number of ether oxygens (including phenoxy) is 2. The van der Waals surface area contributed by atoms with Gasteiger partial charge in [-0.25, -0.2) is 0 Å². The van der Waals surface area contributed by atoms with Crippen molar-refractivity contribution in [2.75, 3.05) is 18.7 Å². The van der Waals surface area contributed by atoms with E-state index in [1.165, 1.54) is 0 Å². The third-order valence-electron chi connectivity index (χ3n) is 7.32. The van der Waals surface area contributed by atoms with Gasteiger partial charge in [0, 0.05) is 12.2 Å². The molecule has 1 N–H and O–H groups in total. The number of benzene rings is 3. The van der Waals surface area contributed by atoms with Crippen LogP contribution >= 0.6 is 0 Å². The van der Waals surface area contributed by atoms with E-state index in [1.807, 2.05) is 66.7 Å². The normalized spacial score (nSPS) is 21.0. The summed E-state index contributed by atoms with van der Waals surface area (Å²) in [7, 11) is 0. The lowest BCUT2D eigenvalue weighted by molar-refractivity contribution is -0.118. The summed E-state index contributed by atoms with van der Waals surface area (Å²) in [5, 5.41) is 3.13. The highest BCUT2D eigenvalue weighted by Crippen LogP contribution is 2.51. The molecule has 1 saturated carbocycles. The molecule has 7 heteroatoms. The molecule has 6 nitrogen and oxygen atoms in total. The van der Waals surface area contributed by atoms with Crippen LogP contribution in [0.1, 0.15) is 38.2 Å². The van der Waals surface area contributed by atoms with Crippen LogP contribution in [0.3, 0.4) is 0 Å². The molecular formula is C28H28N2O4S. The minimum Gasteiger partial charge on any atom is -0.593 e. The third-order valence-corrected chi connectivity index (χ3v) is 8.97. The van der Waals surface area contributed by atoms with Crippen LogP contribution in [0.2, 0.25) is 0 Å². The van der Waals surface area contributed by atoms with Gasteiger partial charge in [-0.05, 0) is 97.8 Å². The van der Waals surface area contributed by atoms with Crippen LogP contribution in [0.5, 0.6) is 11.5 Å². The molecule has 3 aromatic rings. The third kappa shape index (κ3) is 4.18. The number of fused-ring (bicyclic) bond motifs is 1. The molecule has 2 fully saturated rings. The lowest BCUT2D eigenvalue weighted by Gasteiger charge is -2.23. The summed E-state index contributed by atoms with van der Waals surface area (Å²) in [5.74, 6) is 1.42. The maximum absolute atomic E-state index is 13.3. The maximum atomic E-state index is 13.3. The monoisotopic (exact) mass is 488 g/mol. The highest BCUT2D eigenvalue weighted by Gasteiger charge is 2.51. The fourth-order valence-corrected chi connectivity index (χ4v) is 6.41. The predicted octanol–water partition coefficient (Wildman–Crippen LogP) is 5.26. The van der Waals surface area contributed by atoms with Gasteiger partial charge >= 0.3 is 0 Å². The molecule has 0 bridgehead atoms. The minimum absolute atomic E-state index is 0.000932. The SMILES string of the molecule is CC1CCCN1[S+]([O-])c1ccc(-c2cccc(NC(=O)C3(c4ccc5c(c4)OCO5)CC3)c2)cc1. The lowest BCUT2D eigenvalue weighted by atomic mass is 9.94. The highest BCUT2D eigenvalue weighted by molar-refractivity contribution is 7.89. The molecule has 0 spiro atoms. The Labute approximate surface area is 208 Å². The average molecular weight is 489 g/mol. The first-order valence-electron chi connectivity index (χ1n) is 12.1. The van der Waals surface area contributed by atoms with Crippen LogP contribution < -0.4 is 14.8 Å². The Morgan fingerprint density at radius 3 is 2.57 bits per heavy atom. The van der Waals surface area contributed by atoms with E-state index in [9.17, 15) is 9.35 Å². The predicted molar refractivity (Wildman–Crippen MR) is 136 cm³/mol. The fourth-order valence-electron chi connectivity index (χ4n) is 5.05. The van der Waals surface area contributed by atoms with E-state index >= 15 is 0 Å². The number of anilines is 1. The van der Waals surface area contributed by atoms with E-state index in [1.54, 1.807) is 0 Å². The van der Waals surface area contributed by atoms with Crippen molar-refractivity contribution in [3.63, 3.8) is 0 Å². The molecule has 2 heterocycles. The molecule has 6 rings (SSSR count). The second-order valence-electron chi connectivity index (χ2n) is 9.59. The van der Waals surface area contributed by atoms with Crippen LogP contribution in [0.25, 0.3) is 11.1 Å². The first kappa shape index (κ1) is 22.5. The van der Waals surface area contributed by atoms with Gasteiger partial charge < -0.3 is 19.3 Å². The number of nitrogens with zero attached hydrogens (tertiary/aromatic N) is 1. The van der Waals surface area contributed by atoms with Crippen molar-refractivity contribution >= 4 is 23.0 Å². The van der Waals surface area contributed by atoms with Crippen molar-refractivity contribution in [2.24, 2.45) is 0 Å². The maximum Gasteiger partial charge on any atom is 0.235 e. The molecule has 1 amide bonds. The standard InChI is InChI=1S/C28H28N2O4S/c1-19-4-3-15-30(19)35(32)24-10-7-20(8-11-24)21-5-2-6-23(16-21)29-27(31)28(13-14-28)22-9-12-25-26(17-22)34-18-33-25/h2,5-12,16-17,19H,3-4,13-15,18H2,1H3,(H,29,31). The minimum atomic E-state index is -1.13. The Kier molecular flexibility index (Phi) is 5.71. The van der Waals surface area contributed by atoms with Crippen LogP contribution in [-0.2, 0) is 21.6 Å². The molecule has 1 aliphatic carbocycles. The van der Waals surface area contributed by atoms with Crippen molar-refractivity contribution in [2.45, 2.75) is 49.0 Å². The summed E-state index contributed by atoms with van der Waals surface area (Å²) >= 11 is -1.13. The van der Waals surface area contributed by atoms with Crippen LogP contribution in [-0.4, -0.2) is 34.1 Å². The summed E-state index contributed by atoms with van der Waals surface area (Å²) in [6.07, 6.45) is 3.82. The van der Waals surface area contributed by atoms with Crippen molar-refractivity contribution in [1.82, 2.24) is 4.31 Å². The summed E-state index contributed by atoms with van der Waals surface area (Å²) in [6, 6.07) is 21.9. The molecule has 0 radical (unpaired) electrons. The Balaban J connectivity index is 1.17. The number of hydrogen-bond acceptors (Lipinski definition) is 5. The fraction of sp³-hybridized carbons (Fsp3) is 0.321. The largest absolute Gasteiger partial charge is 0.593 e. The zero-order valence-electron chi connectivity index (χ0n) is 19.7. The van der Waals surface area contributed by atoms with E-state index in [0.717, 1.165) is 65.3 Å². The topological polar surface area (TPSA) is 73.9 Å². The quantitative estimate of drug-likeness (QED) is 0.479. The van der Waals surface area contributed by atoms with Crippen molar-refractivity contribution < 1.29 is 18.8 Å². The van der Waals surface area contributed by atoms with E-state index in [2.05, 4.69) is 16.5 Å². The van der Waals surface area contributed by atoms with Crippen LogP contribution in [0.15, 0.2) is 71.6 Å². The number of carbonyl (C=O) groups is 1. The molecule has 1 saturated heterocycles. The number of hydrogen-bond donors (Lipinski definition) is 1. The molecule has 2 aliphatic heterocycles. The van der Waals surface area contributed by atoms with Gasteiger partial charge in [-0.3, -0.25) is 4.79 Å². The van der Waals surface area contributed by atoms with E-state index in [0.29, 0.717) is 11.8 Å². The van der Waals surface area contributed by atoms with Gasteiger partial charge in [0.1, 0.15) is 0 Å². The number of rotatable bonds is 6. The van der Waals surface area contributed by atoms with Gasteiger partial charge in [0.15, 0.2) is 16.4 Å². The first-order chi connectivity index (χ1) is 17.0. The van der Waals surface area contributed by atoms with Crippen molar-refractivity contribution in [3.8, 4) is 22.6 Å². The molecule has 2 atom stereocenters. The first-order valence-corrected chi connectivity index (χ1v) is 13.2. The Bertz CT molecular complexity index is 1260. The molecular weight excluding hydrogens is 460 g/mol. The smallest absolute Gasteiger partial charge is 0.235 e. The summed E-state index contributed by atoms with van der Waals surface area (Å²) in [6.45, 7) is 3.24. The molecule has 180 valence electrons. The molecule has 0 aromatic heterocycles. The summed E-state index contributed by atoms with van der Waals surface area (Å²) in [4.78, 5) is 14.1. The van der Waals surface area contributed by atoms with Crippen LogP contribution in [0, 0.1) is 0 Å². The number of nitrogens with one attached hydrogen (secondary N) is 1. The molecule has 3 aromatic carbocycles. The van der Waals surface area contributed by atoms with Gasteiger partial charge in [-0.2, -0.15) is 0 Å². The zero-order chi connectivity index (χ0) is 24.0. The average Bonchev–Trinajstić information content (AvgIpc) is 3.37. The number of carbonyl (C=O) groups excluding carboxylic acids is 1. The van der Waals surface area contributed by atoms with Gasteiger partial charge in [0.2, 0.25) is 12.7 Å². The lowest BCUT2D eigenvalue weighted by Crippen LogP contribution is -2.33. The van der Waals surface area contributed by atoms with Crippen LogP contribution in [0.4, 0.5) is 5.69 Å². The van der Waals surface area contributed by atoms with Gasteiger partial charge in [-0.15, -0.1) is 4.31 Å². The second kappa shape index (κ2) is 8.90. The van der Waals surface area contributed by atoms with E-state index in [4.69, 9.17) is 9.47 Å². The van der Waals surface area contributed by atoms with Gasteiger partial charge in [0.05, 0.1) is 22.8 Å². The zero-order valence-corrected chi connectivity index (χ0v) is 20.5. The van der Waals surface area contributed by atoms with Crippen molar-refractivity contribution in [3.05, 3.63) is 72.3 Å². The molecule has 3 aliphatic rings. The van der Waals surface area contributed by atoms with Gasteiger partial charge in [0.25, 0.3) is 0 Å². The van der Waals surface area contributed by atoms with E-state index < -0.39 is 16.8 Å². The molecule has 2 unspecified atom stereocenters. The Morgan fingerprint density at radius 1 is 1.03 bits per heavy atom. The highest BCUT2D eigenvalue weighted by atomic mass is 32.2. The summed E-state index contributed by atoms with van der Waals surface area (Å²) < 4.78 is 25.9. The van der Waals surface area contributed by atoms with Gasteiger partial charge in [-0.1, -0.05) is 18.2 Å². The van der Waals surface area contributed by atoms with Crippen molar-refractivity contribution in [1.29, 1.82) is 0 Å².